The SMILES string of the molecule is C=C(C)CCC(NCCC)c1cc(C)nn1C. The van der Waals surface area contributed by atoms with Crippen molar-refractivity contribution >= 4 is 0 Å². The van der Waals surface area contributed by atoms with Crippen LogP contribution in [0.1, 0.15) is 50.5 Å². The van der Waals surface area contributed by atoms with E-state index in [0.29, 0.717) is 6.04 Å². The van der Waals surface area contributed by atoms with E-state index in [2.05, 4.69) is 36.9 Å². The zero-order chi connectivity index (χ0) is 12.8. The molecule has 1 rings (SSSR count). The summed E-state index contributed by atoms with van der Waals surface area (Å²) in [5, 5.41) is 8.01. The molecule has 0 aliphatic carbocycles. The topological polar surface area (TPSA) is 29.9 Å². The van der Waals surface area contributed by atoms with E-state index in [1.165, 1.54) is 11.3 Å². The van der Waals surface area contributed by atoms with Crippen LogP contribution in [0.25, 0.3) is 0 Å². The van der Waals surface area contributed by atoms with Gasteiger partial charge in [-0.3, -0.25) is 4.68 Å². The van der Waals surface area contributed by atoms with Crippen LogP contribution >= 0.6 is 0 Å². The van der Waals surface area contributed by atoms with Gasteiger partial charge in [0.1, 0.15) is 0 Å². The van der Waals surface area contributed by atoms with Gasteiger partial charge in [0.15, 0.2) is 0 Å². The molecule has 0 fully saturated rings. The summed E-state index contributed by atoms with van der Waals surface area (Å²) in [7, 11) is 2.02. The molecule has 3 nitrogen and oxygen atoms in total. The summed E-state index contributed by atoms with van der Waals surface area (Å²) in [4.78, 5) is 0. The fourth-order valence-corrected chi connectivity index (χ4v) is 2.02. The molecule has 0 radical (unpaired) electrons. The molecule has 1 heterocycles. The average molecular weight is 235 g/mol. The van der Waals surface area contributed by atoms with Gasteiger partial charge in [-0.15, -0.1) is 6.58 Å². The molecule has 1 aromatic rings. The maximum atomic E-state index is 4.42. The number of nitrogens with one attached hydrogen (secondary N) is 1. The summed E-state index contributed by atoms with van der Waals surface area (Å²) < 4.78 is 1.99. The van der Waals surface area contributed by atoms with Crippen LogP contribution in [0.2, 0.25) is 0 Å². The van der Waals surface area contributed by atoms with Gasteiger partial charge in [-0.2, -0.15) is 5.10 Å². The van der Waals surface area contributed by atoms with Gasteiger partial charge in [0, 0.05) is 13.1 Å². The number of rotatable bonds is 7. The molecule has 3 heteroatoms. The summed E-state index contributed by atoms with van der Waals surface area (Å²) in [6.45, 7) is 11.3. The Morgan fingerprint density at radius 1 is 1.59 bits per heavy atom. The van der Waals surface area contributed by atoms with E-state index in [1.807, 2.05) is 18.7 Å². The molecule has 0 aliphatic rings. The quantitative estimate of drug-likeness (QED) is 0.736. The summed E-state index contributed by atoms with van der Waals surface area (Å²) in [5.74, 6) is 0. The number of nitrogens with zero attached hydrogens (tertiary/aromatic N) is 2. The summed E-state index contributed by atoms with van der Waals surface area (Å²) >= 11 is 0. The number of allylic oxidation sites excluding steroid dienone is 1. The lowest BCUT2D eigenvalue weighted by molar-refractivity contribution is 0.467. The van der Waals surface area contributed by atoms with E-state index in [-0.39, 0.29) is 0 Å². The van der Waals surface area contributed by atoms with Crippen molar-refractivity contribution in [3.63, 3.8) is 0 Å². The molecule has 0 aliphatic heterocycles. The first-order chi connectivity index (χ1) is 8.04. The lowest BCUT2D eigenvalue weighted by Gasteiger charge is -2.18. The summed E-state index contributed by atoms with van der Waals surface area (Å²) in [5.41, 5.74) is 3.60. The minimum atomic E-state index is 0.387. The molecule has 0 saturated heterocycles. The van der Waals surface area contributed by atoms with Crippen molar-refractivity contribution in [2.75, 3.05) is 6.54 Å². The van der Waals surface area contributed by atoms with Crippen molar-refractivity contribution in [1.82, 2.24) is 15.1 Å². The Morgan fingerprint density at radius 2 is 2.29 bits per heavy atom. The van der Waals surface area contributed by atoms with Crippen LogP contribution in [0.4, 0.5) is 0 Å². The molecule has 1 atom stereocenters. The first kappa shape index (κ1) is 14.0. The molecule has 96 valence electrons. The highest BCUT2D eigenvalue weighted by molar-refractivity contribution is 5.13. The van der Waals surface area contributed by atoms with E-state index in [0.717, 1.165) is 31.5 Å². The Bertz CT molecular complexity index is 366. The second-order valence-corrected chi connectivity index (χ2v) is 4.84. The van der Waals surface area contributed by atoms with Crippen molar-refractivity contribution < 1.29 is 0 Å². The minimum Gasteiger partial charge on any atom is -0.309 e. The standard InChI is InChI=1S/C14H25N3/c1-6-9-15-13(8-7-11(2)3)14-10-12(4)16-17(14)5/h10,13,15H,2,6-9H2,1,3-5H3. The molecule has 0 aromatic carbocycles. The summed E-state index contributed by atoms with van der Waals surface area (Å²) in [6.07, 6.45) is 3.31. The predicted octanol–water partition coefficient (Wildman–Crippen LogP) is 3.13. The van der Waals surface area contributed by atoms with Crippen molar-refractivity contribution in [3.05, 3.63) is 29.6 Å². The summed E-state index contributed by atoms with van der Waals surface area (Å²) in [6, 6.07) is 2.56. The van der Waals surface area contributed by atoms with Crippen molar-refractivity contribution in [2.24, 2.45) is 7.05 Å². The third kappa shape index (κ3) is 4.35. The van der Waals surface area contributed by atoms with Crippen molar-refractivity contribution in [1.29, 1.82) is 0 Å². The molecule has 0 saturated carbocycles. The molecule has 1 aromatic heterocycles. The molecule has 1 unspecified atom stereocenters. The van der Waals surface area contributed by atoms with Crippen LogP contribution in [-0.2, 0) is 7.05 Å². The largest absolute Gasteiger partial charge is 0.309 e. The van der Waals surface area contributed by atoms with E-state index in [1.54, 1.807) is 0 Å². The molecule has 0 bridgehead atoms. The van der Waals surface area contributed by atoms with Gasteiger partial charge in [-0.25, -0.2) is 0 Å². The Morgan fingerprint density at radius 3 is 2.76 bits per heavy atom. The van der Waals surface area contributed by atoms with Gasteiger partial charge in [0.25, 0.3) is 0 Å². The monoisotopic (exact) mass is 235 g/mol. The Kier molecular flexibility index (Phi) is 5.42. The highest BCUT2D eigenvalue weighted by Crippen LogP contribution is 2.20. The maximum Gasteiger partial charge on any atom is 0.0597 e. The van der Waals surface area contributed by atoms with Crippen LogP contribution in [0, 0.1) is 6.92 Å². The average Bonchev–Trinajstić information content (AvgIpc) is 2.58. The van der Waals surface area contributed by atoms with Gasteiger partial charge in [0.05, 0.1) is 11.4 Å². The second kappa shape index (κ2) is 6.60. The highest BCUT2D eigenvalue weighted by atomic mass is 15.3. The molecule has 0 amide bonds. The van der Waals surface area contributed by atoms with Gasteiger partial charge < -0.3 is 5.32 Å². The van der Waals surface area contributed by atoms with E-state index >= 15 is 0 Å². The molecule has 0 spiro atoms. The Balaban J connectivity index is 2.74. The lowest BCUT2D eigenvalue weighted by Crippen LogP contribution is -2.24. The van der Waals surface area contributed by atoms with Crippen LogP contribution in [0.3, 0.4) is 0 Å². The molecule has 1 N–H and O–H groups in total. The fourth-order valence-electron chi connectivity index (χ4n) is 2.02. The molecular formula is C14H25N3. The Hall–Kier alpha value is -1.09. The van der Waals surface area contributed by atoms with Gasteiger partial charge in [0.2, 0.25) is 0 Å². The molecule has 17 heavy (non-hydrogen) atoms. The van der Waals surface area contributed by atoms with Crippen LogP contribution < -0.4 is 5.32 Å². The van der Waals surface area contributed by atoms with Gasteiger partial charge >= 0.3 is 0 Å². The number of aromatic nitrogens is 2. The fraction of sp³-hybridized carbons (Fsp3) is 0.643. The van der Waals surface area contributed by atoms with Crippen molar-refractivity contribution in [2.45, 2.75) is 46.1 Å². The Labute approximate surface area is 105 Å². The first-order valence-corrected chi connectivity index (χ1v) is 6.43. The van der Waals surface area contributed by atoms with E-state index in [9.17, 15) is 0 Å². The van der Waals surface area contributed by atoms with E-state index < -0.39 is 0 Å². The zero-order valence-electron chi connectivity index (χ0n) is 11.6. The van der Waals surface area contributed by atoms with Crippen LogP contribution in [0.15, 0.2) is 18.2 Å². The van der Waals surface area contributed by atoms with Crippen LogP contribution in [0.5, 0.6) is 0 Å². The van der Waals surface area contributed by atoms with Gasteiger partial charge in [-0.1, -0.05) is 12.5 Å². The highest BCUT2D eigenvalue weighted by Gasteiger charge is 2.14. The normalized spacial score (nSPS) is 12.7. The van der Waals surface area contributed by atoms with Crippen LogP contribution in [-0.4, -0.2) is 16.3 Å². The first-order valence-electron chi connectivity index (χ1n) is 6.43. The molecular weight excluding hydrogens is 210 g/mol. The third-order valence-electron chi connectivity index (χ3n) is 2.90. The number of aryl methyl sites for hydroxylation is 2. The number of hydrogen-bond donors (Lipinski definition) is 1. The smallest absolute Gasteiger partial charge is 0.0597 e. The predicted molar refractivity (Wildman–Crippen MR) is 73.0 cm³/mol. The number of hydrogen-bond acceptors (Lipinski definition) is 2. The van der Waals surface area contributed by atoms with Crippen molar-refractivity contribution in [3.8, 4) is 0 Å². The minimum absolute atomic E-state index is 0.387. The van der Waals surface area contributed by atoms with E-state index in [4.69, 9.17) is 0 Å². The second-order valence-electron chi connectivity index (χ2n) is 4.84. The zero-order valence-corrected chi connectivity index (χ0v) is 11.6. The maximum absolute atomic E-state index is 4.42. The third-order valence-corrected chi connectivity index (χ3v) is 2.90. The lowest BCUT2D eigenvalue weighted by atomic mass is 10.0. The van der Waals surface area contributed by atoms with Gasteiger partial charge in [-0.05, 0) is 45.7 Å².